The number of carbonyl (C=O) groups is 2. The number of hydrogen-bond acceptors (Lipinski definition) is 3. The van der Waals surface area contributed by atoms with Crippen molar-refractivity contribution in [2.24, 2.45) is 0 Å². The van der Waals surface area contributed by atoms with Gasteiger partial charge in [-0.1, -0.05) is 46.4 Å². The number of halogens is 4. The Morgan fingerprint density at radius 2 is 1.26 bits per heavy atom. The molecule has 27 heavy (non-hydrogen) atoms. The van der Waals surface area contributed by atoms with Crippen molar-refractivity contribution in [3.05, 3.63) is 66.6 Å². The first-order valence-electron chi connectivity index (χ1n) is 7.72. The van der Waals surface area contributed by atoms with Crippen molar-refractivity contribution in [1.29, 1.82) is 0 Å². The zero-order valence-electron chi connectivity index (χ0n) is 14.9. The predicted molar refractivity (Wildman–Crippen MR) is 109 cm³/mol. The normalized spacial score (nSPS) is 10.0. The smallest absolute Gasteiger partial charge is 0.310 e. The van der Waals surface area contributed by atoms with Crippen LogP contribution in [-0.4, -0.2) is 24.2 Å². The third-order valence-corrected chi connectivity index (χ3v) is 4.75. The summed E-state index contributed by atoms with van der Waals surface area (Å²) in [6.45, 7) is 3.64. The number of carboxylic acid groups (broad SMARTS) is 1. The fraction of sp³-hybridized carbons (Fsp3) is 0.263. The Morgan fingerprint density at radius 1 is 0.852 bits per heavy atom. The maximum atomic E-state index is 11.1. The molecular formula is C19H18Cl4O4. The Morgan fingerprint density at radius 3 is 1.59 bits per heavy atom. The van der Waals surface area contributed by atoms with Crippen LogP contribution in [0.25, 0.3) is 0 Å². The number of esters is 1. The second-order valence-electron chi connectivity index (χ2n) is 5.69. The minimum atomic E-state index is -0.896. The Kier molecular flexibility index (Phi) is 9.40. The van der Waals surface area contributed by atoms with Gasteiger partial charge < -0.3 is 9.84 Å². The summed E-state index contributed by atoms with van der Waals surface area (Å²) in [7, 11) is 1.35. The van der Waals surface area contributed by atoms with E-state index in [0.717, 1.165) is 16.7 Å². The minimum absolute atomic E-state index is 0.0676. The third kappa shape index (κ3) is 7.59. The number of carboxylic acids is 1. The van der Waals surface area contributed by atoms with Gasteiger partial charge in [0.25, 0.3) is 0 Å². The van der Waals surface area contributed by atoms with Crippen molar-refractivity contribution in [2.45, 2.75) is 26.7 Å². The number of benzene rings is 2. The highest BCUT2D eigenvalue weighted by molar-refractivity contribution is 6.35. The third-order valence-electron chi connectivity index (χ3n) is 3.64. The van der Waals surface area contributed by atoms with E-state index in [-0.39, 0.29) is 18.8 Å². The highest BCUT2D eigenvalue weighted by Gasteiger charge is 2.11. The fourth-order valence-corrected chi connectivity index (χ4v) is 3.60. The van der Waals surface area contributed by atoms with E-state index in [1.54, 1.807) is 31.2 Å². The molecule has 0 unspecified atom stereocenters. The molecule has 0 atom stereocenters. The lowest BCUT2D eigenvalue weighted by Crippen LogP contribution is -2.06. The molecule has 146 valence electrons. The number of aliphatic carboxylic acids is 1. The predicted octanol–water partition coefficient (Wildman–Crippen LogP) is 5.95. The Bertz CT molecular complexity index is 804. The molecule has 1 N–H and O–H groups in total. The molecule has 2 aromatic rings. The highest BCUT2D eigenvalue weighted by Crippen LogP contribution is 2.26. The molecule has 0 bridgehead atoms. The Labute approximate surface area is 177 Å². The number of aryl methyl sites for hydroxylation is 2. The van der Waals surface area contributed by atoms with Crippen molar-refractivity contribution in [3.63, 3.8) is 0 Å². The Hall–Kier alpha value is -1.46. The molecule has 0 saturated carbocycles. The van der Waals surface area contributed by atoms with Gasteiger partial charge >= 0.3 is 11.9 Å². The summed E-state index contributed by atoms with van der Waals surface area (Å²) in [5.41, 5.74) is 3.09. The lowest BCUT2D eigenvalue weighted by Gasteiger charge is -2.07. The van der Waals surface area contributed by atoms with Crippen LogP contribution >= 0.6 is 46.4 Å². The van der Waals surface area contributed by atoms with E-state index < -0.39 is 5.97 Å². The van der Waals surface area contributed by atoms with Gasteiger partial charge in [0, 0.05) is 20.1 Å². The van der Waals surface area contributed by atoms with Gasteiger partial charge in [-0.2, -0.15) is 0 Å². The molecule has 0 fully saturated rings. The summed E-state index contributed by atoms with van der Waals surface area (Å²) in [4.78, 5) is 21.5. The zero-order chi connectivity index (χ0) is 20.7. The maximum Gasteiger partial charge on any atom is 0.310 e. The van der Waals surface area contributed by atoms with Crippen LogP contribution in [0, 0.1) is 13.8 Å². The second-order valence-corrected chi connectivity index (χ2v) is 7.38. The van der Waals surface area contributed by atoms with Gasteiger partial charge in [0.2, 0.25) is 0 Å². The van der Waals surface area contributed by atoms with Crippen LogP contribution in [0.1, 0.15) is 22.3 Å². The quantitative estimate of drug-likeness (QED) is 0.583. The lowest BCUT2D eigenvalue weighted by molar-refractivity contribution is -0.140. The molecule has 0 aliphatic heterocycles. The van der Waals surface area contributed by atoms with Gasteiger partial charge in [0.15, 0.2) is 0 Å². The maximum absolute atomic E-state index is 11.1. The molecule has 0 aliphatic carbocycles. The van der Waals surface area contributed by atoms with E-state index in [1.807, 2.05) is 6.92 Å². The molecule has 4 nitrogen and oxygen atoms in total. The first kappa shape index (κ1) is 23.6. The number of rotatable bonds is 4. The molecule has 0 radical (unpaired) electrons. The first-order chi connectivity index (χ1) is 12.5. The molecule has 0 heterocycles. The van der Waals surface area contributed by atoms with E-state index in [2.05, 4.69) is 4.74 Å². The number of ether oxygens (including phenoxy) is 1. The molecule has 0 aromatic heterocycles. The molecule has 0 aliphatic rings. The second kappa shape index (κ2) is 10.8. The van der Waals surface area contributed by atoms with Gasteiger partial charge in [-0.15, -0.1) is 0 Å². The van der Waals surface area contributed by atoms with Crippen molar-refractivity contribution >= 4 is 58.3 Å². The SMILES string of the molecule is COC(=O)Cc1c(C)cc(Cl)cc1Cl.Cc1cc(Cl)cc(Cl)c1CC(=O)O. The van der Waals surface area contributed by atoms with E-state index in [0.29, 0.717) is 25.7 Å². The van der Waals surface area contributed by atoms with Crippen molar-refractivity contribution in [3.8, 4) is 0 Å². The first-order valence-corrected chi connectivity index (χ1v) is 9.24. The van der Waals surface area contributed by atoms with E-state index in [9.17, 15) is 9.59 Å². The van der Waals surface area contributed by atoms with Crippen LogP contribution in [0.4, 0.5) is 0 Å². The molecule has 2 aromatic carbocycles. The lowest BCUT2D eigenvalue weighted by atomic mass is 10.1. The van der Waals surface area contributed by atoms with Crippen molar-refractivity contribution in [1.82, 2.24) is 0 Å². The average molecular weight is 452 g/mol. The van der Waals surface area contributed by atoms with Gasteiger partial charge in [0.05, 0.1) is 20.0 Å². The molecule has 0 saturated heterocycles. The standard InChI is InChI=1S/C10H10Cl2O2.C9H8Cl2O2/c1-6-3-7(11)4-9(12)8(6)5-10(13)14-2;1-5-2-6(10)3-8(11)7(5)4-9(12)13/h3-4H,5H2,1-2H3;2-3H,4H2,1H3,(H,12,13). The summed E-state index contributed by atoms with van der Waals surface area (Å²) in [5.74, 6) is -1.20. The van der Waals surface area contributed by atoms with Gasteiger partial charge in [-0.3, -0.25) is 9.59 Å². The molecule has 0 spiro atoms. The van der Waals surface area contributed by atoms with Crippen LogP contribution in [0.15, 0.2) is 24.3 Å². The average Bonchev–Trinajstić information content (AvgIpc) is 2.54. The summed E-state index contributed by atoms with van der Waals surface area (Å²) < 4.78 is 4.56. The molecular weight excluding hydrogens is 434 g/mol. The summed E-state index contributed by atoms with van der Waals surface area (Å²) in [6.07, 6.45) is 0.111. The largest absolute Gasteiger partial charge is 0.481 e. The number of hydrogen-bond donors (Lipinski definition) is 1. The van der Waals surface area contributed by atoms with Crippen LogP contribution in [0.5, 0.6) is 0 Å². The number of carbonyl (C=O) groups excluding carboxylic acids is 1. The summed E-state index contributed by atoms with van der Waals surface area (Å²) in [6, 6.07) is 6.64. The number of methoxy groups -OCH3 is 1. The molecule has 2 rings (SSSR count). The molecule has 0 amide bonds. The van der Waals surface area contributed by atoms with Crippen LogP contribution in [0.2, 0.25) is 20.1 Å². The van der Waals surface area contributed by atoms with Gasteiger partial charge in [-0.05, 0) is 60.4 Å². The van der Waals surface area contributed by atoms with E-state index in [4.69, 9.17) is 51.5 Å². The van der Waals surface area contributed by atoms with Crippen LogP contribution in [-0.2, 0) is 27.2 Å². The Balaban J connectivity index is 0.000000271. The van der Waals surface area contributed by atoms with Gasteiger partial charge in [-0.25, -0.2) is 0 Å². The molecule has 8 heteroatoms. The zero-order valence-corrected chi connectivity index (χ0v) is 17.9. The monoisotopic (exact) mass is 450 g/mol. The van der Waals surface area contributed by atoms with Crippen molar-refractivity contribution in [2.75, 3.05) is 7.11 Å². The van der Waals surface area contributed by atoms with E-state index in [1.165, 1.54) is 7.11 Å². The van der Waals surface area contributed by atoms with E-state index >= 15 is 0 Å². The topological polar surface area (TPSA) is 63.6 Å². The minimum Gasteiger partial charge on any atom is -0.481 e. The highest BCUT2D eigenvalue weighted by atomic mass is 35.5. The summed E-state index contributed by atoms with van der Waals surface area (Å²) >= 11 is 23.3. The summed E-state index contributed by atoms with van der Waals surface area (Å²) in [5, 5.41) is 10.6. The van der Waals surface area contributed by atoms with Crippen LogP contribution in [0.3, 0.4) is 0 Å². The fourth-order valence-electron chi connectivity index (χ4n) is 2.28. The van der Waals surface area contributed by atoms with Crippen molar-refractivity contribution < 1.29 is 19.4 Å². The van der Waals surface area contributed by atoms with Crippen LogP contribution < -0.4 is 0 Å². The van der Waals surface area contributed by atoms with Gasteiger partial charge in [0.1, 0.15) is 0 Å².